The predicted octanol–water partition coefficient (Wildman–Crippen LogP) is 3.46. The van der Waals surface area contributed by atoms with Gasteiger partial charge in [-0.3, -0.25) is 0 Å². The van der Waals surface area contributed by atoms with E-state index in [-0.39, 0.29) is 0 Å². The summed E-state index contributed by atoms with van der Waals surface area (Å²) < 4.78 is 0. The Morgan fingerprint density at radius 3 is 2.44 bits per heavy atom. The van der Waals surface area contributed by atoms with E-state index in [0.717, 1.165) is 5.92 Å². The van der Waals surface area contributed by atoms with Gasteiger partial charge in [-0.2, -0.15) is 5.48 Å². The van der Waals surface area contributed by atoms with Crippen LogP contribution in [0, 0.1) is 5.92 Å². The van der Waals surface area contributed by atoms with Gasteiger partial charge in [0.2, 0.25) is 0 Å². The molecule has 0 radical (unpaired) electrons. The van der Waals surface area contributed by atoms with Gasteiger partial charge in [-0.15, -0.1) is 0 Å². The SMILES string of the molecule is CONC(c1ccccc1)C1CCCCC1. The molecule has 0 bridgehead atoms. The molecule has 0 spiro atoms. The monoisotopic (exact) mass is 219 g/mol. The highest BCUT2D eigenvalue weighted by Crippen LogP contribution is 2.34. The summed E-state index contributed by atoms with van der Waals surface area (Å²) in [5.41, 5.74) is 4.51. The van der Waals surface area contributed by atoms with Crippen LogP contribution in [0.25, 0.3) is 0 Å². The standard InChI is InChI=1S/C14H21NO/c1-16-15-14(12-8-4-2-5-9-12)13-10-6-3-7-11-13/h2,4-5,8-9,13-15H,3,6-7,10-11H2,1H3. The van der Waals surface area contributed by atoms with Gasteiger partial charge in [-0.05, 0) is 24.3 Å². The zero-order chi connectivity index (χ0) is 11.2. The van der Waals surface area contributed by atoms with Gasteiger partial charge in [-0.1, -0.05) is 49.6 Å². The summed E-state index contributed by atoms with van der Waals surface area (Å²) >= 11 is 0. The largest absolute Gasteiger partial charge is 0.305 e. The second-order valence-electron chi connectivity index (χ2n) is 4.61. The molecule has 0 heterocycles. The van der Waals surface area contributed by atoms with Crippen LogP contribution in [-0.2, 0) is 4.84 Å². The van der Waals surface area contributed by atoms with Crippen molar-refractivity contribution in [3.63, 3.8) is 0 Å². The van der Waals surface area contributed by atoms with Gasteiger partial charge in [0.25, 0.3) is 0 Å². The van der Waals surface area contributed by atoms with Crippen molar-refractivity contribution in [3.05, 3.63) is 35.9 Å². The van der Waals surface area contributed by atoms with Crippen molar-refractivity contribution in [3.8, 4) is 0 Å². The maximum Gasteiger partial charge on any atom is 0.0599 e. The fourth-order valence-corrected chi connectivity index (χ4v) is 2.69. The minimum atomic E-state index is 0.353. The first-order chi connectivity index (χ1) is 7.92. The lowest BCUT2D eigenvalue weighted by Crippen LogP contribution is -2.29. The van der Waals surface area contributed by atoms with Crippen molar-refractivity contribution in [2.75, 3.05) is 7.11 Å². The topological polar surface area (TPSA) is 21.3 Å². The number of nitrogens with one attached hydrogen (secondary N) is 1. The fourth-order valence-electron chi connectivity index (χ4n) is 2.69. The molecule has 1 aliphatic rings. The van der Waals surface area contributed by atoms with Crippen molar-refractivity contribution < 1.29 is 4.84 Å². The van der Waals surface area contributed by atoms with E-state index in [1.54, 1.807) is 7.11 Å². The van der Waals surface area contributed by atoms with Crippen LogP contribution in [0.4, 0.5) is 0 Å². The number of hydrogen-bond donors (Lipinski definition) is 1. The summed E-state index contributed by atoms with van der Waals surface area (Å²) in [4.78, 5) is 5.16. The maximum atomic E-state index is 5.16. The molecule has 1 unspecified atom stereocenters. The lowest BCUT2D eigenvalue weighted by atomic mass is 9.81. The molecule has 1 saturated carbocycles. The van der Waals surface area contributed by atoms with Crippen LogP contribution >= 0.6 is 0 Å². The molecule has 2 nitrogen and oxygen atoms in total. The molecule has 1 atom stereocenters. The third-order valence-electron chi connectivity index (χ3n) is 3.52. The first kappa shape index (κ1) is 11.6. The minimum Gasteiger partial charge on any atom is -0.305 e. The van der Waals surface area contributed by atoms with Crippen LogP contribution in [0.2, 0.25) is 0 Å². The second kappa shape index (κ2) is 6.02. The number of rotatable bonds is 4. The molecule has 16 heavy (non-hydrogen) atoms. The first-order valence-electron chi connectivity index (χ1n) is 6.25. The summed E-state index contributed by atoms with van der Waals surface area (Å²) in [5, 5.41) is 0. The van der Waals surface area contributed by atoms with Crippen LogP contribution < -0.4 is 5.48 Å². The van der Waals surface area contributed by atoms with Crippen molar-refractivity contribution in [1.82, 2.24) is 5.48 Å². The summed E-state index contributed by atoms with van der Waals surface area (Å²) in [7, 11) is 1.71. The summed E-state index contributed by atoms with van der Waals surface area (Å²) in [6.45, 7) is 0. The van der Waals surface area contributed by atoms with E-state index in [4.69, 9.17) is 4.84 Å². The Balaban J connectivity index is 2.09. The zero-order valence-corrected chi connectivity index (χ0v) is 9.99. The molecule has 1 fully saturated rings. The summed E-state index contributed by atoms with van der Waals surface area (Å²) in [5.74, 6) is 0.719. The second-order valence-corrected chi connectivity index (χ2v) is 4.61. The molecular formula is C14H21NO. The van der Waals surface area contributed by atoms with Crippen molar-refractivity contribution >= 4 is 0 Å². The van der Waals surface area contributed by atoms with E-state index in [0.29, 0.717) is 6.04 Å². The molecule has 0 saturated heterocycles. The molecule has 1 aliphatic carbocycles. The molecule has 1 aromatic carbocycles. The van der Waals surface area contributed by atoms with E-state index in [1.807, 2.05) is 0 Å². The molecule has 1 N–H and O–H groups in total. The smallest absolute Gasteiger partial charge is 0.0599 e. The van der Waals surface area contributed by atoms with Crippen molar-refractivity contribution in [2.24, 2.45) is 5.92 Å². The Hall–Kier alpha value is -0.860. The predicted molar refractivity (Wildman–Crippen MR) is 65.9 cm³/mol. The molecule has 0 aromatic heterocycles. The zero-order valence-electron chi connectivity index (χ0n) is 9.99. The fraction of sp³-hybridized carbons (Fsp3) is 0.571. The van der Waals surface area contributed by atoms with Crippen LogP contribution in [0.5, 0.6) is 0 Å². The summed E-state index contributed by atoms with van der Waals surface area (Å²) in [6.07, 6.45) is 6.75. The molecule has 0 amide bonds. The third kappa shape index (κ3) is 2.83. The van der Waals surface area contributed by atoms with Gasteiger partial charge in [0, 0.05) is 0 Å². The normalized spacial score (nSPS) is 19.6. The number of hydrogen-bond acceptors (Lipinski definition) is 2. The van der Waals surface area contributed by atoms with Crippen LogP contribution in [0.1, 0.15) is 43.7 Å². The van der Waals surface area contributed by atoms with E-state index in [1.165, 1.54) is 37.7 Å². The van der Waals surface area contributed by atoms with Gasteiger partial charge < -0.3 is 4.84 Å². The van der Waals surface area contributed by atoms with Crippen LogP contribution in [0.15, 0.2) is 30.3 Å². The van der Waals surface area contributed by atoms with E-state index in [9.17, 15) is 0 Å². The Morgan fingerprint density at radius 1 is 1.12 bits per heavy atom. The van der Waals surface area contributed by atoms with Crippen LogP contribution in [0.3, 0.4) is 0 Å². The molecule has 2 rings (SSSR count). The summed E-state index contributed by atoms with van der Waals surface area (Å²) in [6, 6.07) is 11.0. The maximum absolute atomic E-state index is 5.16. The van der Waals surface area contributed by atoms with E-state index in [2.05, 4.69) is 35.8 Å². The highest BCUT2D eigenvalue weighted by atomic mass is 16.6. The third-order valence-corrected chi connectivity index (χ3v) is 3.52. The Kier molecular flexibility index (Phi) is 4.37. The minimum absolute atomic E-state index is 0.353. The lowest BCUT2D eigenvalue weighted by molar-refractivity contribution is 0.0332. The van der Waals surface area contributed by atoms with Gasteiger partial charge in [-0.25, -0.2) is 0 Å². The quantitative estimate of drug-likeness (QED) is 0.783. The highest BCUT2D eigenvalue weighted by Gasteiger charge is 2.24. The van der Waals surface area contributed by atoms with E-state index < -0.39 is 0 Å². The number of benzene rings is 1. The van der Waals surface area contributed by atoms with Gasteiger partial charge in [0.05, 0.1) is 13.2 Å². The lowest BCUT2D eigenvalue weighted by Gasteiger charge is -2.30. The van der Waals surface area contributed by atoms with Gasteiger partial charge in [0.15, 0.2) is 0 Å². The van der Waals surface area contributed by atoms with E-state index >= 15 is 0 Å². The molecule has 2 heteroatoms. The van der Waals surface area contributed by atoms with Crippen molar-refractivity contribution in [2.45, 2.75) is 38.1 Å². The molecule has 1 aromatic rings. The average Bonchev–Trinajstić information content (AvgIpc) is 2.38. The van der Waals surface area contributed by atoms with Gasteiger partial charge >= 0.3 is 0 Å². The molecule has 0 aliphatic heterocycles. The van der Waals surface area contributed by atoms with Crippen molar-refractivity contribution in [1.29, 1.82) is 0 Å². The Bertz CT molecular complexity index is 293. The number of hydroxylamine groups is 1. The Labute approximate surface area is 98.0 Å². The average molecular weight is 219 g/mol. The van der Waals surface area contributed by atoms with Crippen LogP contribution in [-0.4, -0.2) is 7.11 Å². The molecule has 88 valence electrons. The Morgan fingerprint density at radius 2 is 1.81 bits per heavy atom. The van der Waals surface area contributed by atoms with Gasteiger partial charge in [0.1, 0.15) is 0 Å². The molecular weight excluding hydrogens is 198 g/mol. The highest BCUT2D eigenvalue weighted by molar-refractivity contribution is 5.19. The first-order valence-corrected chi connectivity index (χ1v) is 6.25.